The molecule has 2 fully saturated rings. The first-order valence-corrected chi connectivity index (χ1v) is 10.2. The molecule has 2 heterocycles. The van der Waals surface area contributed by atoms with E-state index < -0.39 is 0 Å². The molecule has 29 heavy (non-hydrogen) atoms. The number of imide groups is 1. The molecule has 2 aliphatic carbocycles. The van der Waals surface area contributed by atoms with Gasteiger partial charge in [-0.2, -0.15) is 10.1 Å². The van der Waals surface area contributed by atoms with Gasteiger partial charge in [-0.05, 0) is 69.2 Å². The Hall–Kier alpha value is -2.95. The van der Waals surface area contributed by atoms with E-state index in [1.54, 1.807) is 6.21 Å². The third-order valence-electron chi connectivity index (χ3n) is 7.05. The third-order valence-corrected chi connectivity index (χ3v) is 7.05. The van der Waals surface area contributed by atoms with Crippen LogP contribution in [0.2, 0.25) is 0 Å². The fourth-order valence-corrected chi connectivity index (χ4v) is 5.39. The molecular formula is C24H25N3O2. The number of allylic oxidation sites excluding steroid dienone is 2. The van der Waals surface area contributed by atoms with Crippen LogP contribution in [-0.4, -0.2) is 27.6 Å². The Balaban J connectivity index is 1.46. The topological polar surface area (TPSA) is 54.7 Å². The van der Waals surface area contributed by atoms with Crippen LogP contribution in [0.5, 0.6) is 0 Å². The van der Waals surface area contributed by atoms with E-state index in [-0.39, 0.29) is 35.5 Å². The van der Waals surface area contributed by atoms with Crippen molar-refractivity contribution >= 4 is 18.0 Å². The van der Waals surface area contributed by atoms with Crippen molar-refractivity contribution in [1.82, 2.24) is 9.58 Å². The highest BCUT2D eigenvalue weighted by Gasteiger charge is 2.59. The molecule has 1 saturated heterocycles. The fraction of sp³-hybridized carbons (Fsp3) is 0.375. The summed E-state index contributed by atoms with van der Waals surface area (Å²) in [6.07, 6.45) is 6.79. The zero-order valence-electron chi connectivity index (χ0n) is 17.2. The number of hydrazone groups is 1. The highest BCUT2D eigenvalue weighted by atomic mass is 16.2. The van der Waals surface area contributed by atoms with Gasteiger partial charge in [0, 0.05) is 22.6 Å². The lowest BCUT2D eigenvalue weighted by Gasteiger charge is -2.14. The summed E-state index contributed by atoms with van der Waals surface area (Å²) < 4.78 is 2.20. The molecule has 1 aromatic heterocycles. The third kappa shape index (κ3) is 2.49. The van der Waals surface area contributed by atoms with Crippen LogP contribution in [0, 0.1) is 51.4 Å². The predicted octanol–water partition coefficient (Wildman–Crippen LogP) is 3.85. The molecule has 1 aromatic carbocycles. The highest BCUT2D eigenvalue weighted by Crippen LogP contribution is 2.52. The summed E-state index contributed by atoms with van der Waals surface area (Å²) in [5.74, 6) is -0.297. The zero-order valence-corrected chi connectivity index (χ0v) is 17.2. The van der Waals surface area contributed by atoms with Gasteiger partial charge in [-0.3, -0.25) is 9.59 Å². The maximum absolute atomic E-state index is 12.8. The van der Waals surface area contributed by atoms with E-state index in [2.05, 4.69) is 66.9 Å². The van der Waals surface area contributed by atoms with Crippen molar-refractivity contribution in [3.05, 3.63) is 64.5 Å². The van der Waals surface area contributed by atoms with Crippen LogP contribution < -0.4 is 0 Å². The minimum Gasteiger partial charge on any atom is -0.318 e. The van der Waals surface area contributed by atoms with Crippen LogP contribution in [0.4, 0.5) is 0 Å². The summed E-state index contributed by atoms with van der Waals surface area (Å²) in [4.78, 5) is 25.6. The lowest BCUT2D eigenvalue weighted by atomic mass is 9.85. The quantitative estimate of drug-likeness (QED) is 0.456. The van der Waals surface area contributed by atoms with Crippen molar-refractivity contribution in [3.8, 4) is 5.69 Å². The molecule has 4 atom stereocenters. The van der Waals surface area contributed by atoms with Crippen LogP contribution >= 0.6 is 0 Å². The number of aryl methyl sites for hydroxylation is 2. The molecule has 5 heteroatoms. The van der Waals surface area contributed by atoms with Gasteiger partial charge >= 0.3 is 0 Å². The summed E-state index contributed by atoms with van der Waals surface area (Å²) in [5.41, 5.74) is 6.68. The molecule has 5 nitrogen and oxygen atoms in total. The van der Waals surface area contributed by atoms with Crippen LogP contribution in [0.3, 0.4) is 0 Å². The van der Waals surface area contributed by atoms with E-state index in [9.17, 15) is 9.59 Å². The number of benzene rings is 1. The second-order valence-electron chi connectivity index (χ2n) is 8.61. The van der Waals surface area contributed by atoms with Crippen LogP contribution in [-0.2, 0) is 9.59 Å². The van der Waals surface area contributed by atoms with Crippen molar-refractivity contribution in [2.75, 3.05) is 0 Å². The Kier molecular flexibility index (Phi) is 3.92. The summed E-state index contributed by atoms with van der Waals surface area (Å²) in [6, 6.07) is 8.34. The largest absolute Gasteiger partial charge is 0.318 e. The minimum absolute atomic E-state index is 0.142. The average molecular weight is 387 g/mol. The predicted molar refractivity (Wildman–Crippen MR) is 112 cm³/mol. The van der Waals surface area contributed by atoms with Gasteiger partial charge in [0.05, 0.1) is 18.1 Å². The standard InChI is InChI=1S/C24H25N3O2/c1-13-6-5-7-20(15(13)3)26-14(2)10-19(16(26)4)12-25-27-23(28)21-17-8-9-18(11-17)22(21)24(27)29/h5-10,12,17-18,21-22H,11H2,1-4H3. The SMILES string of the molecule is Cc1cccc(-n2c(C)cc(C=NN3C(=O)C4C5C=CC(C5)C4C3=O)c2C)c1C. The van der Waals surface area contributed by atoms with E-state index in [4.69, 9.17) is 0 Å². The average Bonchev–Trinajstić information content (AvgIpc) is 3.42. The number of rotatable bonds is 3. The molecule has 0 N–H and O–H groups in total. The lowest BCUT2D eigenvalue weighted by Crippen LogP contribution is -2.28. The van der Waals surface area contributed by atoms with Crippen LogP contribution in [0.25, 0.3) is 5.69 Å². The maximum Gasteiger partial charge on any atom is 0.254 e. The van der Waals surface area contributed by atoms with E-state index in [0.717, 1.165) is 34.1 Å². The second-order valence-corrected chi connectivity index (χ2v) is 8.61. The van der Waals surface area contributed by atoms with E-state index in [1.165, 1.54) is 11.1 Å². The van der Waals surface area contributed by atoms with Gasteiger partial charge in [-0.25, -0.2) is 0 Å². The molecular weight excluding hydrogens is 362 g/mol. The number of nitrogens with zero attached hydrogens (tertiary/aromatic N) is 3. The number of hydrogen-bond acceptors (Lipinski definition) is 3. The molecule has 1 aliphatic heterocycles. The van der Waals surface area contributed by atoms with Crippen LogP contribution in [0.15, 0.2) is 41.5 Å². The van der Waals surface area contributed by atoms with Gasteiger partial charge in [-0.15, -0.1) is 0 Å². The Bertz CT molecular complexity index is 1080. The lowest BCUT2D eigenvalue weighted by molar-refractivity contribution is -0.140. The molecule has 2 bridgehead atoms. The zero-order chi connectivity index (χ0) is 20.4. The summed E-state index contributed by atoms with van der Waals surface area (Å²) in [7, 11) is 0. The summed E-state index contributed by atoms with van der Waals surface area (Å²) >= 11 is 0. The number of amides is 2. The molecule has 1 saturated carbocycles. The molecule has 0 radical (unpaired) electrons. The minimum atomic E-state index is -0.211. The molecule has 3 aliphatic rings. The summed E-state index contributed by atoms with van der Waals surface area (Å²) in [6.45, 7) is 8.34. The molecule has 5 rings (SSSR count). The molecule has 148 valence electrons. The monoisotopic (exact) mass is 387 g/mol. The van der Waals surface area contributed by atoms with Crippen molar-refractivity contribution in [2.45, 2.75) is 34.1 Å². The Labute approximate surface area is 170 Å². The normalized spacial score (nSPS) is 27.7. The molecule has 4 unspecified atom stereocenters. The summed E-state index contributed by atoms with van der Waals surface area (Å²) in [5, 5.41) is 5.47. The van der Waals surface area contributed by atoms with Gasteiger partial charge < -0.3 is 4.57 Å². The maximum atomic E-state index is 12.8. The van der Waals surface area contributed by atoms with Gasteiger partial charge in [-0.1, -0.05) is 24.3 Å². The van der Waals surface area contributed by atoms with E-state index >= 15 is 0 Å². The number of aromatic nitrogens is 1. The number of fused-ring (bicyclic) bond motifs is 5. The smallest absolute Gasteiger partial charge is 0.254 e. The van der Waals surface area contributed by atoms with Crippen LogP contribution in [0.1, 0.15) is 34.5 Å². The molecule has 2 amide bonds. The van der Waals surface area contributed by atoms with Gasteiger partial charge in [0.1, 0.15) is 0 Å². The molecule has 2 aromatic rings. The molecule has 0 spiro atoms. The Morgan fingerprint density at radius 3 is 2.31 bits per heavy atom. The van der Waals surface area contributed by atoms with Gasteiger partial charge in [0.2, 0.25) is 0 Å². The van der Waals surface area contributed by atoms with E-state index in [1.807, 2.05) is 6.92 Å². The Morgan fingerprint density at radius 2 is 1.66 bits per heavy atom. The van der Waals surface area contributed by atoms with Crippen molar-refractivity contribution in [3.63, 3.8) is 0 Å². The van der Waals surface area contributed by atoms with Crippen molar-refractivity contribution < 1.29 is 9.59 Å². The fourth-order valence-electron chi connectivity index (χ4n) is 5.39. The van der Waals surface area contributed by atoms with E-state index in [0.29, 0.717) is 0 Å². The van der Waals surface area contributed by atoms with Gasteiger partial charge in [0.25, 0.3) is 11.8 Å². The first kappa shape index (κ1) is 18.1. The second kappa shape index (κ2) is 6.28. The Morgan fingerprint density at radius 1 is 1.00 bits per heavy atom. The highest BCUT2D eigenvalue weighted by molar-refractivity contribution is 6.06. The number of carbonyl (C=O) groups is 2. The van der Waals surface area contributed by atoms with Crippen molar-refractivity contribution in [2.24, 2.45) is 28.8 Å². The number of carbonyl (C=O) groups excluding carboxylic acids is 2. The first-order chi connectivity index (χ1) is 13.9. The first-order valence-electron chi connectivity index (χ1n) is 10.2. The van der Waals surface area contributed by atoms with Gasteiger partial charge in [0.15, 0.2) is 0 Å². The van der Waals surface area contributed by atoms with Crippen molar-refractivity contribution in [1.29, 1.82) is 0 Å². The number of hydrogen-bond donors (Lipinski definition) is 0.